The Balaban J connectivity index is 1.87. The molecule has 0 bridgehead atoms. The minimum atomic E-state index is 0.134. The summed E-state index contributed by atoms with van der Waals surface area (Å²) in [5.41, 5.74) is 1.12. The van der Waals surface area contributed by atoms with Crippen LogP contribution in [-0.4, -0.2) is 55.1 Å². The third-order valence-corrected chi connectivity index (χ3v) is 4.99. The highest BCUT2D eigenvalue weighted by atomic mass is 35.5. The summed E-state index contributed by atoms with van der Waals surface area (Å²) in [6.07, 6.45) is 0. The Morgan fingerprint density at radius 2 is 1.67 bits per heavy atom. The Bertz CT molecular complexity index is 448. The van der Waals surface area contributed by atoms with Crippen molar-refractivity contribution in [1.82, 2.24) is 15.1 Å². The molecule has 5 heteroatoms. The molecule has 21 heavy (non-hydrogen) atoms. The maximum Gasteiger partial charge on any atom is 0.0465 e. The fourth-order valence-corrected chi connectivity index (χ4v) is 3.25. The van der Waals surface area contributed by atoms with Crippen LogP contribution in [0.25, 0.3) is 0 Å². The van der Waals surface area contributed by atoms with Crippen LogP contribution in [0.4, 0.5) is 0 Å². The predicted molar refractivity (Wildman–Crippen MR) is 91.3 cm³/mol. The van der Waals surface area contributed by atoms with Crippen molar-refractivity contribution in [1.29, 1.82) is 0 Å². The van der Waals surface area contributed by atoms with Crippen LogP contribution in [0.1, 0.15) is 19.4 Å². The maximum atomic E-state index is 6.20. The third-order valence-electron chi connectivity index (χ3n) is 4.28. The highest BCUT2D eigenvalue weighted by molar-refractivity contribution is 6.35. The average molecular weight is 330 g/mol. The molecule has 1 aromatic carbocycles. The zero-order chi connectivity index (χ0) is 15.5. The second kappa shape index (κ2) is 7.30. The molecule has 0 aromatic heterocycles. The van der Waals surface area contributed by atoms with E-state index in [2.05, 4.69) is 36.0 Å². The lowest BCUT2D eigenvalue weighted by Crippen LogP contribution is -2.57. The van der Waals surface area contributed by atoms with Gasteiger partial charge < -0.3 is 10.2 Å². The molecule has 0 amide bonds. The van der Waals surface area contributed by atoms with Gasteiger partial charge in [-0.05, 0) is 33.0 Å². The Morgan fingerprint density at radius 1 is 1.10 bits per heavy atom. The summed E-state index contributed by atoms with van der Waals surface area (Å²) in [7, 11) is 2.18. The Morgan fingerprint density at radius 3 is 2.24 bits per heavy atom. The topological polar surface area (TPSA) is 18.5 Å². The molecule has 0 saturated carbocycles. The van der Waals surface area contributed by atoms with Crippen molar-refractivity contribution in [2.75, 3.05) is 39.8 Å². The van der Waals surface area contributed by atoms with Crippen molar-refractivity contribution in [2.45, 2.75) is 25.9 Å². The van der Waals surface area contributed by atoms with Gasteiger partial charge in [0, 0.05) is 60.4 Å². The van der Waals surface area contributed by atoms with Gasteiger partial charge in [0.05, 0.1) is 0 Å². The van der Waals surface area contributed by atoms with Gasteiger partial charge in [-0.1, -0.05) is 29.3 Å². The van der Waals surface area contributed by atoms with E-state index in [1.54, 1.807) is 0 Å². The number of nitrogens with zero attached hydrogens (tertiary/aromatic N) is 2. The van der Waals surface area contributed by atoms with E-state index in [4.69, 9.17) is 23.2 Å². The third kappa shape index (κ3) is 4.57. The molecule has 0 aliphatic carbocycles. The van der Waals surface area contributed by atoms with E-state index in [1.807, 2.05) is 18.2 Å². The largest absolute Gasteiger partial charge is 0.311 e. The summed E-state index contributed by atoms with van der Waals surface area (Å²) in [4.78, 5) is 4.93. The fraction of sp³-hybridized carbons (Fsp3) is 0.625. The molecular weight excluding hydrogens is 305 g/mol. The van der Waals surface area contributed by atoms with Crippen molar-refractivity contribution < 1.29 is 0 Å². The number of benzene rings is 1. The van der Waals surface area contributed by atoms with Gasteiger partial charge >= 0.3 is 0 Å². The van der Waals surface area contributed by atoms with Crippen LogP contribution in [0.2, 0.25) is 10.0 Å². The number of piperazine rings is 1. The van der Waals surface area contributed by atoms with E-state index in [9.17, 15) is 0 Å². The quantitative estimate of drug-likeness (QED) is 0.895. The molecule has 118 valence electrons. The van der Waals surface area contributed by atoms with Gasteiger partial charge in [-0.25, -0.2) is 0 Å². The number of hydrogen-bond acceptors (Lipinski definition) is 3. The minimum absolute atomic E-state index is 0.134. The SMILES string of the molecule is CN1CCN(C(C)(C)CNCc2c(Cl)cccc2Cl)CC1. The van der Waals surface area contributed by atoms with Crippen molar-refractivity contribution in [3.8, 4) is 0 Å². The standard InChI is InChI=1S/C16H25Cl2N3/c1-16(2,21-9-7-20(3)8-10-21)12-19-11-13-14(17)5-4-6-15(13)18/h4-6,19H,7-12H2,1-3H3. The zero-order valence-corrected chi connectivity index (χ0v) is 14.6. The first-order valence-electron chi connectivity index (χ1n) is 7.47. The van der Waals surface area contributed by atoms with Crippen LogP contribution in [0, 0.1) is 0 Å². The molecule has 1 fully saturated rings. The molecule has 1 N–H and O–H groups in total. The first-order valence-corrected chi connectivity index (χ1v) is 8.23. The molecule has 3 nitrogen and oxygen atoms in total. The summed E-state index contributed by atoms with van der Waals surface area (Å²) >= 11 is 12.4. The van der Waals surface area contributed by atoms with Gasteiger partial charge in [0.1, 0.15) is 0 Å². The predicted octanol–water partition coefficient (Wildman–Crippen LogP) is 3.11. The van der Waals surface area contributed by atoms with Gasteiger partial charge in [0.25, 0.3) is 0 Å². The van der Waals surface area contributed by atoms with E-state index < -0.39 is 0 Å². The Kier molecular flexibility index (Phi) is 5.92. The number of hydrogen-bond donors (Lipinski definition) is 1. The van der Waals surface area contributed by atoms with Crippen molar-refractivity contribution in [3.63, 3.8) is 0 Å². The first-order chi connectivity index (χ1) is 9.90. The minimum Gasteiger partial charge on any atom is -0.311 e. The average Bonchev–Trinajstić information content (AvgIpc) is 2.42. The molecule has 1 heterocycles. The second-order valence-corrected chi connectivity index (χ2v) is 7.22. The lowest BCUT2D eigenvalue weighted by atomic mass is 10.0. The first kappa shape index (κ1) is 17.0. The molecule has 0 radical (unpaired) electrons. The summed E-state index contributed by atoms with van der Waals surface area (Å²) in [6, 6.07) is 5.65. The summed E-state index contributed by atoms with van der Waals surface area (Å²) in [6.45, 7) is 10.7. The molecule has 1 saturated heterocycles. The highest BCUT2D eigenvalue weighted by Gasteiger charge is 2.28. The highest BCUT2D eigenvalue weighted by Crippen LogP contribution is 2.24. The van der Waals surface area contributed by atoms with Crippen molar-refractivity contribution >= 4 is 23.2 Å². The molecule has 1 aliphatic heterocycles. The molecule has 1 aliphatic rings. The van der Waals surface area contributed by atoms with Gasteiger partial charge in [-0.3, -0.25) is 4.90 Å². The van der Waals surface area contributed by atoms with Gasteiger partial charge in [-0.15, -0.1) is 0 Å². The molecule has 0 spiro atoms. The Hall–Kier alpha value is -0.320. The second-order valence-electron chi connectivity index (χ2n) is 6.41. The zero-order valence-electron chi connectivity index (χ0n) is 13.1. The monoisotopic (exact) mass is 329 g/mol. The smallest absolute Gasteiger partial charge is 0.0465 e. The molecule has 1 aromatic rings. The van der Waals surface area contributed by atoms with Crippen LogP contribution < -0.4 is 5.32 Å². The molecule has 0 atom stereocenters. The Labute approximate surface area is 138 Å². The van der Waals surface area contributed by atoms with Crippen molar-refractivity contribution in [2.24, 2.45) is 0 Å². The van der Waals surface area contributed by atoms with E-state index >= 15 is 0 Å². The number of rotatable bonds is 5. The summed E-state index contributed by atoms with van der Waals surface area (Å²) in [5, 5.41) is 4.97. The van der Waals surface area contributed by atoms with Gasteiger partial charge in [-0.2, -0.15) is 0 Å². The van der Waals surface area contributed by atoms with Crippen LogP contribution in [-0.2, 0) is 6.54 Å². The normalized spacial score (nSPS) is 18.1. The lowest BCUT2D eigenvalue weighted by Gasteiger charge is -2.43. The number of likely N-dealkylation sites (N-methyl/N-ethyl adjacent to an activating group) is 1. The summed E-state index contributed by atoms with van der Waals surface area (Å²) < 4.78 is 0. The molecule has 0 unspecified atom stereocenters. The van der Waals surface area contributed by atoms with Crippen molar-refractivity contribution in [3.05, 3.63) is 33.8 Å². The van der Waals surface area contributed by atoms with E-state index in [0.717, 1.165) is 48.3 Å². The maximum absolute atomic E-state index is 6.20. The van der Waals surface area contributed by atoms with E-state index in [-0.39, 0.29) is 5.54 Å². The van der Waals surface area contributed by atoms with Crippen LogP contribution >= 0.6 is 23.2 Å². The summed E-state index contributed by atoms with van der Waals surface area (Å²) in [5.74, 6) is 0. The van der Waals surface area contributed by atoms with E-state index in [0.29, 0.717) is 6.54 Å². The number of nitrogens with one attached hydrogen (secondary N) is 1. The van der Waals surface area contributed by atoms with Crippen LogP contribution in [0.3, 0.4) is 0 Å². The molecular formula is C16H25Cl2N3. The van der Waals surface area contributed by atoms with Crippen LogP contribution in [0.5, 0.6) is 0 Å². The van der Waals surface area contributed by atoms with Crippen LogP contribution in [0.15, 0.2) is 18.2 Å². The van der Waals surface area contributed by atoms with Gasteiger partial charge in [0.15, 0.2) is 0 Å². The number of halogens is 2. The van der Waals surface area contributed by atoms with E-state index in [1.165, 1.54) is 0 Å². The lowest BCUT2D eigenvalue weighted by molar-refractivity contribution is 0.0618. The fourth-order valence-electron chi connectivity index (χ4n) is 2.72. The molecule has 2 rings (SSSR count). The van der Waals surface area contributed by atoms with Gasteiger partial charge in [0.2, 0.25) is 0 Å².